The van der Waals surface area contributed by atoms with Crippen LogP contribution in [0.3, 0.4) is 0 Å². The maximum atomic E-state index is 13.2. The Hall–Kier alpha value is -6.10. The fourth-order valence-electron chi connectivity index (χ4n) is 5.58. The summed E-state index contributed by atoms with van der Waals surface area (Å²) in [4.78, 5) is -1.31. The van der Waals surface area contributed by atoms with Crippen LogP contribution in [0.4, 0.5) is 56.9 Å². The summed E-state index contributed by atoms with van der Waals surface area (Å²) in [6, 6.07) is 20.7. The minimum Gasteiger partial charge on any atom is -0.505 e. The molecule has 0 heterocycles. The van der Waals surface area contributed by atoms with Crippen LogP contribution < -0.4 is 21.9 Å². The summed E-state index contributed by atoms with van der Waals surface area (Å²) in [5.41, 5.74) is 17.9. The number of nitrogens with one attached hydrogen (secondary N) is 1. The second-order valence-electron chi connectivity index (χ2n) is 13.0. The van der Waals surface area contributed by atoms with Crippen molar-refractivity contribution in [3.63, 3.8) is 0 Å². The third kappa shape index (κ3) is 12.7. The molecule has 0 saturated heterocycles. The summed E-state index contributed by atoms with van der Waals surface area (Å²) in [5, 5.41) is 59.4. The molecule has 0 atom stereocenters. The van der Waals surface area contributed by atoms with E-state index in [1.165, 1.54) is 91.0 Å². The van der Waals surface area contributed by atoms with E-state index < -0.39 is 57.8 Å². The number of nitrogens with zero attached hydrogens (tertiary/aromatic N) is 6. The quantitative estimate of drug-likeness (QED) is 0.00670. The predicted octanol–water partition coefficient (Wildman–Crippen LogP) is 9.44. The summed E-state index contributed by atoms with van der Waals surface area (Å²) in [5.74, 6) is -1.20. The lowest BCUT2D eigenvalue weighted by molar-refractivity contribution is -0.434. The van der Waals surface area contributed by atoms with E-state index in [1.54, 1.807) is 0 Å². The Bertz CT molecular complexity index is 3230. The minimum absolute atomic E-state index is 0.00186. The SMILES string of the molecule is Nc1cc(N)c(/N=N/c2ccc(NS(=O)(=O)c3ccc(/N=N/c4c(S(=O)(=O)O)cc5cc(SOOO)c(/N=N/c6ccc(S(=O)(=O)CCOSOOO)cc6)c(O)c5c4N)cc3)cc2)cc1Cl. The third-order valence-electron chi connectivity index (χ3n) is 8.70. The number of sulfonamides is 1. The lowest BCUT2D eigenvalue weighted by Crippen LogP contribution is -2.12. The number of nitrogens with two attached hydrogens (primary N) is 3. The van der Waals surface area contributed by atoms with Crippen molar-refractivity contribution in [1.29, 1.82) is 0 Å². The van der Waals surface area contributed by atoms with Gasteiger partial charge in [0.05, 0.1) is 83.6 Å². The number of phenolic OH excluding ortho intramolecular Hbond substituents is 1. The molecule has 25 nitrogen and oxygen atoms in total. The molecule has 0 aromatic heterocycles. The summed E-state index contributed by atoms with van der Waals surface area (Å²) in [7, 11) is -13.1. The van der Waals surface area contributed by atoms with Gasteiger partial charge in [-0.1, -0.05) is 21.7 Å². The van der Waals surface area contributed by atoms with Crippen molar-refractivity contribution in [2.24, 2.45) is 30.7 Å². The van der Waals surface area contributed by atoms with Crippen LogP contribution in [0.15, 0.2) is 147 Å². The Kier molecular flexibility index (Phi) is 16.3. The van der Waals surface area contributed by atoms with Crippen LogP contribution in [0, 0.1) is 0 Å². The third-order valence-corrected chi connectivity index (χ3v) is 14.0. The highest BCUT2D eigenvalue weighted by molar-refractivity contribution is 7.94. The highest BCUT2D eigenvalue weighted by Gasteiger charge is 2.26. The van der Waals surface area contributed by atoms with Crippen LogP contribution in [0.1, 0.15) is 0 Å². The lowest BCUT2D eigenvalue weighted by Gasteiger charge is -2.14. The van der Waals surface area contributed by atoms with Crippen LogP contribution in [-0.2, 0) is 52.9 Å². The van der Waals surface area contributed by atoms with Crippen molar-refractivity contribution >= 4 is 134 Å². The van der Waals surface area contributed by atoms with Gasteiger partial charge in [0, 0.05) is 5.69 Å². The second kappa shape index (κ2) is 21.7. The number of halogens is 1. The van der Waals surface area contributed by atoms with Gasteiger partial charge in [0.25, 0.3) is 20.1 Å². The number of rotatable bonds is 20. The topological polar surface area (TPSA) is 394 Å². The maximum Gasteiger partial charge on any atom is 0.296 e. The van der Waals surface area contributed by atoms with Gasteiger partial charge in [-0.3, -0.25) is 13.5 Å². The fourth-order valence-corrected chi connectivity index (χ4v) is 9.38. The number of nitrogen functional groups attached to an aromatic ring is 3. The molecule has 352 valence electrons. The van der Waals surface area contributed by atoms with Crippen LogP contribution in [-0.4, -0.2) is 57.8 Å². The van der Waals surface area contributed by atoms with E-state index in [4.69, 9.17) is 43.5 Å². The molecule has 6 aromatic rings. The van der Waals surface area contributed by atoms with E-state index in [0.29, 0.717) is 17.7 Å². The smallest absolute Gasteiger partial charge is 0.296 e. The molecule has 6 rings (SSSR count). The van der Waals surface area contributed by atoms with Crippen LogP contribution in [0.2, 0.25) is 5.02 Å². The molecule has 0 aliphatic heterocycles. The van der Waals surface area contributed by atoms with Crippen molar-refractivity contribution in [3.8, 4) is 5.75 Å². The van der Waals surface area contributed by atoms with Gasteiger partial charge < -0.3 is 22.3 Å². The number of azo groups is 3. The first-order valence-electron chi connectivity index (χ1n) is 18.0. The van der Waals surface area contributed by atoms with Gasteiger partial charge in [-0.25, -0.2) is 27.4 Å². The number of hydrogen-bond donors (Lipinski definition) is 8. The summed E-state index contributed by atoms with van der Waals surface area (Å²) in [6.45, 7) is -0.328. The molecule has 0 bridgehead atoms. The normalized spacial score (nSPS) is 12.5. The summed E-state index contributed by atoms with van der Waals surface area (Å²) in [6.07, 6.45) is 0. The van der Waals surface area contributed by atoms with E-state index in [9.17, 15) is 34.9 Å². The Labute approximate surface area is 392 Å². The molecule has 0 radical (unpaired) electrons. The lowest BCUT2D eigenvalue weighted by atomic mass is 10.1. The molecule has 0 unspecified atom stereocenters. The Morgan fingerprint density at radius 2 is 1.24 bits per heavy atom. The molecule has 67 heavy (non-hydrogen) atoms. The molecule has 0 saturated carbocycles. The maximum absolute atomic E-state index is 13.2. The van der Waals surface area contributed by atoms with Gasteiger partial charge >= 0.3 is 0 Å². The summed E-state index contributed by atoms with van der Waals surface area (Å²) >= 11 is 6.54. The average Bonchev–Trinajstić information content (AvgIpc) is 3.28. The molecular weight excluding hydrogens is 1010 g/mol. The predicted molar refractivity (Wildman–Crippen MR) is 244 cm³/mol. The molecule has 6 aromatic carbocycles. The average molecular weight is 1040 g/mol. The monoisotopic (exact) mass is 1040 g/mol. The van der Waals surface area contributed by atoms with Gasteiger partial charge in [-0.2, -0.15) is 23.8 Å². The molecule has 11 N–H and O–H groups in total. The van der Waals surface area contributed by atoms with Gasteiger partial charge in [-0.05, 0) is 102 Å². The molecular formula is C36H31ClN10O15S5. The molecule has 0 amide bonds. The summed E-state index contributed by atoms with van der Waals surface area (Å²) < 4.78 is 103. The zero-order valence-corrected chi connectivity index (χ0v) is 38.1. The van der Waals surface area contributed by atoms with Gasteiger partial charge in [0.1, 0.15) is 22.0 Å². The van der Waals surface area contributed by atoms with Crippen molar-refractivity contribution in [1.82, 2.24) is 0 Å². The van der Waals surface area contributed by atoms with Crippen LogP contribution >= 0.6 is 36.0 Å². The molecule has 31 heteroatoms. The second-order valence-corrected chi connectivity index (χ2v) is 19.9. The van der Waals surface area contributed by atoms with E-state index in [0.717, 1.165) is 6.07 Å². The Balaban J connectivity index is 1.24. The zero-order chi connectivity index (χ0) is 48.5. The van der Waals surface area contributed by atoms with Gasteiger partial charge in [-0.15, -0.1) is 24.0 Å². The van der Waals surface area contributed by atoms with Crippen molar-refractivity contribution in [2.75, 3.05) is 34.3 Å². The van der Waals surface area contributed by atoms with E-state index >= 15 is 0 Å². The standard InChI is InChI=1S/C36H31ClN10O15S5/c37-26-17-29(28(39)18-27(26)38)44-41-20-1-3-23(4-2-20)47-66(53,54)25-11-7-22(8-12-25)43-46-35-31(67(55,56)57)16-19-15-30(63-61-59-49)34(36(48)32(19)33(35)40)45-42-21-5-9-24(10-6-21)65(51,52)14-13-58-64-62-60-50/h1-12,15-18,47-50H,13-14,38-40H2,(H,55,56,57)/b44-41+,45-42+,46-43+. The van der Waals surface area contributed by atoms with Gasteiger partial charge in [0.2, 0.25) is 0 Å². The number of sulfone groups is 1. The van der Waals surface area contributed by atoms with Crippen molar-refractivity contribution in [2.45, 2.75) is 19.6 Å². The number of phenols is 1. The first kappa shape index (κ1) is 50.3. The number of hydrogen-bond acceptors (Lipinski definition) is 25. The van der Waals surface area contributed by atoms with E-state index in [-0.39, 0.29) is 89.2 Å². The van der Waals surface area contributed by atoms with Crippen molar-refractivity contribution < 1.29 is 68.4 Å². The first-order valence-corrected chi connectivity index (χ1v) is 24.3. The minimum atomic E-state index is -5.10. The number of benzene rings is 6. The first-order chi connectivity index (χ1) is 31.8. The fraction of sp³-hybridized carbons (Fsp3) is 0.0556. The van der Waals surface area contributed by atoms with Crippen molar-refractivity contribution in [3.05, 3.63) is 102 Å². The number of fused-ring (bicyclic) bond motifs is 1. The zero-order valence-electron chi connectivity index (χ0n) is 33.3. The van der Waals surface area contributed by atoms with Crippen LogP contribution in [0.25, 0.3) is 10.8 Å². The molecule has 0 aliphatic rings. The van der Waals surface area contributed by atoms with Gasteiger partial charge in [0.15, 0.2) is 27.9 Å². The molecule has 0 spiro atoms. The Morgan fingerprint density at radius 1 is 0.672 bits per heavy atom. The number of anilines is 4. The van der Waals surface area contributed by atoms with Crippen LogP contribution in [0.5, 0.6) is 5.75 Å². The Morgan fingerprint density at radius 3 is 1.84 bits per heavy atom. The molecule has 0 fully saturated rings. The van der Waals surface area contributed by atoms with E-state index in [1.807, 2.05) is 0 Å². The number of aromatic hydroxyl groups is 1. The highest BCUT2D eigenvalue weighted by Crippen LogP contribution is 2.49. The molecule has 0 aliphatic carbocycles. The highest BCUT2D eigenvalue weighted by atomic mass is 35.5. The van der Waals surface area contributed by atoms with E-state index in [2.05, 4.69) is 54.2 Å². The largest absolute Gasteiger partial charge is 0.505 e.